The lowest BCUT2D eigenvalue weighted by atomic mass is 10.3. The Morgan fingerprint density at radius 3 is 2.88 bits per heavy atom. The standard InChI is InChI=1S/C15H12ClN3O4S/c1-24-15(18-8-17)19-9-2-4-12(11(16)6-9)22-7-10-3-5-13(23-10)14(20)21/h2-6H,7H2,1H3,(H,18,19)(H,20,21). The van der Waals surface area contributed by atoms with Crippen LogP contribution in [0.3, 0.4) is 0 Å². The van der Waals surface area contributed by atoms with E-state index in [1.54, 1.807) is 30.6 Å². The number of carboxylic acid groups (broad SMARTS) is 1. The molecule has 2 aromatic rings. The van der Waals surface area contributed by atoms with Crippen molar-refractivity contribution in [3.05, 3.63) is 46.9 Å². The summed E-state index contributed by atoms with van der Waals surface area (Å²) in [6.07, 6.45) is 3.59. The fraction of sp³-hybridized carbons (Fsp3) is 0.133. The number of ether oxygens (including phenoxy) is 1. The molecule has 0 saturated heterocycles. The van der Waals surface area contributed by atoms with Gasteiger partial charge in [-0.3, -0.25) is 5.32 Å². The molecule has 0 spiro atoms. The number of carboxylic acids is 1. The molecule has 7 nitrogen and oxygen atoms in total. The maximum atomic E-state index is 10.7. The van der Waals surface area contributed by atoms with Gasteiger partial charge < -0.3 is 14.3 Å². The van der Waals surface area contributed by atoms with Gasteiger partial charge in [0.15, 0.2) is 11.4 Å². The van der Waals surface area contributed by atoms with Gasteiger partial charge >= 0.3 is 5.97 Å². The van der Waals surface area contributed by atoms with E-state index in [1.165, 1.54) is 23.9 Å². The highest BCUT2D eigenvalue weighted by Crippen LogP contribution is 2.30. The highest BCUT2D eigenvalue weighted by Gasteiger charge is 2.10. The summed E-state index contributed by atoms with van der Waals surface area (Å²) in [7, 11) is 0. The van der Waals surface area contributed by atoms with Gasteiger partial charge in [-0.2, -0.15) is 5.26 Å². The Kier molecular flexibility index (Phi) is 6.12. The van der Waals surface area contributed by atoms with Crippen molar-refractivity contribution in [1.82, 2.24) is 5.32 Å². The van der Waals surface area contributed by atoms with Gasteiger partial charge in [0.05, 0.1) is 10.7 Å². The first-order valence-electron chi connectivity index (χ1n) is 6.55. The van der Waals surface area contributed by atoms with Crippen molar-refractivity contribution in [3.8, 4) is 11.9 Å². The van der Waals surface area contributed by atoms with Crippen LogP contribution >= 0.6 is 23.4 Å². The van der Waals surface area contributed by atoms with Gasteiger partial charge in [-0.25, -0.2) is 9.79 Å². The van der Waals surface area contributed by atoms with E-state index in [2.05, 4.69) is 10.3 Å². The van der Waals surface area contributed by atoms with E-state index in [4.69, 9.17) is 31.1 Å². The Hall–Kier alpha value is -2.63. The van der Waals surface area contributed by atoms with E-state index in [-0.39, 0.29) is 12.4 Å². The SMILES string of the molecule is CSC(=Nc1ccc(OCc2ccc(C(=O)O)o2)c(Cl)c1)NC#N. The average molecular weight is 366 g/mol. The van der Waals surface area contributed by atoms with Crippen LogP contribution in [0.5, 0.6) is 5.75 Å². The second-order valence-electron chi connectivity index (χ2n) is 4.33. The molecule has 0 aliphatic carbocycles. The molecule has 0 atom stereocenters. The Balaban J connectivity index is 2.06. The molecule has 9 heteroatoms. The summed E-state index contributed by atoms with van der Waals surface area (Å²) >= 11 is 7.44. The lowest BCUT2D eigenvalue weighted by molar-refractivity contribution is 0.0658. The molecule has 0 saturated carbocycles. The smallest absolute Gasteiger partial charge is 0.371 e. The van der Waals surface area contributed by atoms with Crippen LogP contribution in [0.2, 0.25) is 5.02 Å². The van der Waals surface area contributed by atoms with Crippen LogP contribution in [0.15, 0.2) is 39.7 Å². The summed E-state index contributed by atoms with van der Waals surface area (Å²) in [6.45, 7) is 0.0433. The van der Waals surface area contributed by atoms with Crippen LogP contribution in [-0.4, -0.2) is 22.5 Å². The predicted octanol–water partition coefficient (Wildman–Crippen LogP) is 3.63. The molecular weight excluding hydrogens is 354 g/mol. The molecule has 2 rings (SSSR count). The molecule has 124 valence electrons. The summed E-state index contributed by atoms with van der Waals surface area (Å²) in [4.78, 5) is 15.0. The largest absolute Gasteiger partial charge is 0.484 e. The Morgan fingerprint density at radius 1 is 1.50 bits per heavy atom. The highest BCUT2D eigenvalue weighted by atomic mass is 35.5. The zero-order valence-electron chi connectivity index (χ0n) is 12.4. The van der Waals surface area contributed by atoms with Crippen molar-refractivity contribution in [1.29, 1.82) is 5.26 Å². The lowest BCUT2D eigenvalue weighted by Gasteiger charge is -2.07. The van der Waals surface area contributed by atoms with Crippen molar-refractivity contribution in [2.75, 3.05) is 6.26 Å². The number of halogens is 1. The molecule has 2 N–H and O–H groups in total. The summed E-state index contributed by atoms with van der Waals surface area (Å²) < 4.78 is 10.6. The molecule has 0 unspecified atom stereocenters. The van der Waals surface area contributed by atoms with Crippen molar-refractivity contribution in [2.24, 2.45) is 4.99 Å². The molecule has 0 aliphatic rings. The van der Waals surface area contributed by atoms with E-state index in [9.17, 15) is 4.79 Å². The highest BCUT2D eigenvalue weighted by molar-refractivity contribution is 8.13. The first-order chi connectivity index (χ1) is 11.5. The Bertz CT molecular complexity index is 813. The third-order valence-corrected chi connectivity index (χ3v) is 3.62. The Labute approximate surface area is 146 Å². The fourth-order valence-electron chi connectivity index (χ4n) is 1.69. The number of amidine groups is 1. The van der Waals surface area contributed by atoms with E-state index < -0.39 is 5.97 Å². The number of nitrogens with one attached hydrogen (secondary N) is 1. The fourth-order valence-corrected chi connectivity index (χ4v) is 2.26. The van der Waals surface area contributed by atoms with E-state index in [0.29, 0.717) is 27.4 Å². The Morgan fingerprint density at radius 2 is 2.29 bits per heavy atom. The minimum atomic E-state index is -1.14. The third-order valence-electron chi connectivity index (χ3n) is 2.74. The number of carbonyl (C=O) groups is 1. The number of rotatable bonds is 5. The summed E-state index contributed by atoms with van der Waals surface area (Å²) in [5, 5.41) is 20.6. The molecule has 24 heavy (non-hydrogen) atoms. The zero-order chi connectivity index (χ0) is 17.5. The van der Waals surface area contributed by atoms with Gasteiger partial charge in [0.1, 0.15) is 18.1 Å². The van der Waals surface area contributed by atoms with Gasteiger partial charge in [0, 0.05) is 0 Å². The maximum Gasteiger partial charge on any atom is 0.371 e. The minimum Gasteiger partial charge on any atom is -0.484 e. The van der Waals surface area contributed by atoms with Crippen LogP contribution in [-0.2, 0) is 6.61 Å². The number of furan rings is 1. The van der Waals surface area contributed by atoms with E-state index in [1.807, 2.05) is 0 Å². The van der Waals surface area contributed by atoms with Gasteiger partial charge in [0.2, 0.25) is 5.76 Å². The number of nitriles is 1. The summed E-state index contributed by atoms with van der Waals surface area (Å²) in [5.74, 6) is -0.521. The molecule has 0 bridgehead atoms. The quantitative estimate of drug-likeness (QED) is 0.360. The van der Waals surface area contributed by atoms with Gasteiger partial charge in [-0.15, -0.1) is 0 Å². The normalized spacial score (nSPS) is 11.0. The lowest BCUT2D eigenvalue weighted by Crippen LogP contribution is -2.12. The topological polar surface area (TPSA) is 108 Å². The molecular formula is C15H12ClN3O4S. The van der Waals surface area contributed by atoms with Crippen LogP contribution in [0.1, 0.15) is 16.3 Å². The molecule has 1 aromatic heterocycles. The van der Waals surface area contributed by atoms with Crippen LogP contribution in [0.25, 0.3) is 0 Å². The molecule has 0 amide bonds. The first-order valence-corrected chi connectivity index (χ1v) is 8.16. The minimum absolute atomic E-state index is 0.0433. The molecule has 0 radical (unpaired) electrons. The van der Waals surface area contributed by atoms with Crippen molar-refractivity contribution in [3.63, 3.8) is 0 Å². The number of hydrogen-bond donors (Lipinski definition) is 2. The average Bonchev–Trinajstić information content (AvgIpc) is 3.03. The zero-order valence-corrected chi connectivity index (χ0v) is 14.0. The van der Waals surface area contributed by atoms with Crippen molar-refractivity contribution in [2.45, 2.75) is 6.61 Å². The van der Waals surface area contributed by atoms with Gasteiger partial charge in [-0.05, 0) is 36.6 Å². The number of aromatic carboxylic acids is 1. The number of aliphatic imine (C=N–C) groups is 1. The number of hydrogen-bond acceptors (Lipinski definition) is 6. The number of nitrogens with zero attached hydrogens (tertiary/aromatic N) is 2. The maximum absolute atomic E-state index is 10.7. The summed E-state index contributed by atoms with van der Waals surface area (Å²) in [5.41, 5.74) is 0.561. The van der Waals surface area contributed by atoms with Crippen molar-refractivity contribution >= 4 is 40.2 Å². The van der Waals surface area contributed by atoms with Crippen molar-refractivity contribution < 1.29 is 19.1 Å². The van der Waals surface area contributed by atoms with E-state index in [0.717, 1.165) is 0 Å². The second-order valence-corrected chi connectivity index (χ2v) is 5.53. The van der Waals surface area contributed by atoms with Crippen LogP contribution in [0.4, 0.5) is 5.69 Å². The predicted molar refractivity (Wildman–Crippen MR) is 90.8 cm³/mol. The van der Waals surface area contributed by atoms with Gasteiger partial charge in [-0.1, -0.05) is 23.4 Å². The molecule has 1 heterocycles. The van der Waals surface area contributed by atoms with E-state index >= 15 is 0 Å². The second kappa shape index (κ2) is 8.29. The molecule has 1 aromatic carbocycles. The monoisotopic (exact) mass is 365 g/mol. The van der Waals surface area contributed by atoms with Crippen LogP contribution < -0.4 is 10.1 Å². The van der Waals surface area contributed by atoms with Crippen LogP contribution in [0, 0.1) is 11.5 Å². The molecule has 0 aliphatic heterocycles. The third kappa shape index (κ3) is 4.68. The number of benzene rings is 1. The van der Waals surface area contributed by atoms with Gasteiger partial charge in [0.25, 0.3) is 0 Å². The first kappa shape index (κ1) is 17.7. The summed E-state index contributed by atoms with van der Waals surface area (Å²) in [6, 6.07) is 7.78. The number of thioether (sulfide) groups is 1. The molecule has 0 fully saturated rings.